The first-order valence-electron chi connectivity index (χ1n) is 8.10. The van der Waals surface area contributed by atoms with Crippen LogP contribution in [-0.2, 0) is 11.3 Å². The van der Waals surface area contributed by atoms with E-state index in [0.717, 1.165) is 32.2 Å². The number of nitrogens with two attached hydrogens (primary N) is 1. The number of carboxylic acids is 1. The molecule has 1 rings (SSSR count). The number of aromatic nitrogens is 1. The Morgan fingerprint density at radius 2 is 1.59 bits per heavy atom. The molecular formula is C17H27N2O3+. The summed E-state index contributed by atoms with van der Waals surface area (Å²) >= 11 is 0. The number of pyridine rings is 1. The SMILES string of the molecule is NC(=O)c1ccc[n+](CCCCCCCCCCC(=O)O)c1. The average molecular weight is 307 g/mol. The van der Waals surface area contributed by atoms with Gasteiger partial charge in [0.15, 0.2) is 12.4 Å². The lowest BCUT2D eigenvalue weighted by Gasteiger charge is -2.01. The van der Waals surface area contributed by atoms with Crippen LogP contribution >= 0.6 is 0 Å². The molecule has 5 heteroatoms. The van der Waals surface area contributed by atoms with Gasteiger partial charge in [-0.3, -0.25) is 9.59 Å². The quantitative estimate of drug-likeness (QED) is 0.460. The predicted octanol–water partition coefficient (Wildman–Crippen LogP) is 2.67. The maximum absolute atomic E-state index is 11.1. The Balaban J connectivity index is 2.00. The van der Waals surface area contributed by atoms with Crippen LogP contribution in [0.1, 0.15) is 68.1 Å². The van der Waals surface area contributed by atoms with Gasteiger partial charge < -0.3 is 10.8 Å². The standard InChI is InChI=1S/C17H26N2O3/c18-17(22)15-10-9-13-19(14-15)12-8-6-4-2-1-3-5-7-11-16(20)21/h9-10,13-14H,1-8,11-12H2,(H2-,18,20,21,22)/p+1. The van der Waals surface area contributed by atoms with Crippen LogP contribution in [0.5, 0.6) is 0 Å². The smallest absolute Gasteiger partial charge is 0.303 e. The van der Waals surface area contributed by atoms with Crippen molar-refractivity contribution >= 4 is 11.9 Å². The van der Waals surface area contributed by atoms with Crippen molar-refractivity contribution in [1.82, 2.24) is 0 Å². The van der Waals surface area contributed by atoms with E-state index in [2.05, 4.69) is 0 Å². The van der Waals surface area contributed by atoms with Crippen LogP contribution < -0.4 is 10.3 Å². The molecule has 22 heavy (non-hydrogen) atoms. The van der Waals surface area contributed by atoms with Gasteiger partial charge >= 0.3 is 5.97 Å². The van der Waals surface area contributed by atoms with Gasteiger partial charge in [0.25, 0.3) is 5.91 Å². The van der Waals surface area contributed by atoms with Crippen LogP contribution in [0, 0.1) is 0 Å². The highest BCUT2D eigenvalue weighted by Gasteiger charge is 2.06. The molecule has 1 aromatic rings. The number of carboxylic acid groups (broad SMARTS) is 1. The summed E-state index contributed by atoms with van der Waals surface area (Å²) in [5, 5.41) is 8.53. The van der Waals surface area contributed by atoms with Crippen LogP contribution in [0.15, 0.2) is 24.5 Å². The fraction of sp³-hybridized carbons (Fsp3) is 0.588. The highest BCUT2D eigenvalue weighted by atomic mass is 16.4. The lowest BCUT2D eigenvalue weighted by molar-refractivity contribution is -0.697. The fourth-order valence-corrected chi connectivity index (χ4v) is 2.44. The Hall–Kier alpha value is -1.91. The van der Waals surface area contributed by atoms with E-state index in [4.69, 9.17) is 10.8 Å². The normalized spacial score (nSPS) is 10.5. The van der Waals surface area contributed by atoms with E-state index in [0.29, 0.717) is 12.0 Å². The molecule has 0 spiro atoms. The van der Waals surface area contributed by atoms with Crippen molar-refractivity contribution in [2.24, 2.45) is 5.73 Å². The second kappa shape index (κ2) is 10.8. The highest BCUT2D eigenvalue weighted by molar-refractivity contribution is 5.92. The molecule has 0 saturated carbocycles. The number of aliphatic carboxylic acids is 1. The van der Waals surface area contributed by atoms with Crippen LogP contribution in [0.2, 0.25) is 0 Å². The van der Waals surface area contributed by atoms with E-state index < -0.39 is 11.9 Å². The van der Waals surface area contributed by atoms with Gasteiger partial charge in [0.2, 0.25) is 0 Å². The number of amides is 1. The number of hydrogen-bond acceptors (Lipinski definition) is 2. The monoisotopic (exact) mass is 307 g/mol. The van der Waals surface area contributed by atoms with Crippen LogP contribution in [0.3, 0.4) is 0 Å². The molecule has 0 aromatic carbocycles. The largest absolute Gasteiger partial charge is 0.481 e. The Labute approximate surface area is 132 Å². The number of hydrogen-bond donors (Lipinski definition) is 2. The lowest BCUT2D eigenvalue weighted by atomic mass is 10.1. The second-order valence-corrected chi connectivity index (χ2v) is 5.67. The first kappa shape index (κ1) is 18.1. The minimum atomic E-state index is -0.696. The average Bonchev–Trinajstić information content (AvgIpc) is 2.49. The molecule has 1 heterocycles. The van der Waals surface area contributed by atoms with Crippen molar-refractivity contribution in [3.8, 4) is 0 Å². The van der Waals surface area contributed by atoms with Crippen molar-refractivity contribution in [3.05, 3.63) is 30.1 Å². The minimum Gasteiger partial charge on any atom is -0.481 e. The molecule has 0 aliphatic heterocycles. The van der Waals surface area contributed by atoms with Crippen molar-refractivity contribution in [1.29, 1.82) is 0 Å². The molecule has 1 amide bonds. The van der Waals surface area contributed by atoms with Gasteiger partial charge in [-0.1, -0.05) is 32.1 Å². The summed E-state index contributed by atoms with van der Waals surface area (Å²) in [5.74, 6) is -1.09. The second-order valence-electron chi connectivity index (χ2n) is 5.67. The summed E-state index contributed by atoms with van der Waals surface area (Å²) in [4.78, 5) is 21.4. The van der Waals surface area contributed by atoms with E-state index in [1.807, 2.05) is 16.8 Å². The third kappa shape index (κ3) is 8.39. The topological polar surface area (TPSA) is 84.3 Å². The molecule has 0 radical (unpaired) electrons. The number of carbonyl (C=O) groups excluding carboxylic acids is 1. The van der Waals surface area contributed by atoms with E-state index in [1.54, 1.807) is 12.3 Å². The zero-order chi connectivity index (χ0) is 16.2. The number of aryl methyl sites for hydroxylation is 1. The third-order valence-corrected chi connectivity index (χ3v) is 3.70. The van der Waals surface area contributed by atoms with Crippen LogP contribution in [-0.4, -0.2) is 17.0 Å². The molecule has 0 aliphatic carbocycles. The molecule has 0 bridgehead atoms. The lowest BCUT2D eigenvalue weighted by Crippen LogP contribution is -2.34. The van der Waals surface area contributed by atoms with Gasteiger partial charge in [0, 0.05) is 18.9 Å². The number of rotatable bonds is 12. The van der Waals surface area contributed by atoms with Gasteiger partial charge in [-0.05, 0) is 18.9 Å². The number of nitrogens with zero attached hydrogens (tertiary/aromatic N) is 1. The summed E-state index contributed by atoms with van der Waals surface area (Å²) in [6.45, 7) is 0.903. The summed E-state index contributed by atoms with van der Waals surface area (Å²) in [7, 11) is 0. The fourth-order valence-electron chi connectivity index (χ4n) is 2.44. The van der Waals surface area contributed by atoms with E-state index in [-0.39, 0.29) is 0 Å². The summed E-state index contributed by atoms with van der Waals surface area (Å²) in [6, 6.07) is 3.57. The summed E-state index contributed by atoms with van der Waals surface area (Å²) < 4.78 is 2.01. The van der Waals surface area contributed by atoms with Gasteiger partial charge in [0.1, 0.15) is 12.1 Å². The highest BCUT2D eigenvalue weighted by Crippen LogP contribution is 2.09. The number of carbonyl (C=O) groups is 2. The number of primary amides is 1. The number of unbranched alkanes of at least 4 members (excludes halogenated alkanes) is 7. The molecule has 1 aromatic heterocycles. The molecule has 0 fully saturated rings. The Kier molecular flexibility index (Phi) is 8.88. The zero-order valence-corrected chi connectivity index (χ0v) is 13.2. The van der Waals surface area contributed by atoms with Gasteiger partial charge in [-0.25, -0.2) is 4.57 Å². The Bertz CT molecular complexity index is 475. The molecule has 0 unspecified atom stereocenters. The van der Waals surface area contributed by atoms with Crippen molar-refractivity contribution < 1.29 is 19.3 Å². The summed E-state index contributed by atoms with van der Waals surface area (Å²) in [5.41, 5.74) is 5.80. The maximum atomic E-state index is 11.1. The van der Waals surface area contributed by atoms with Gasteiger partial charge in [0.05, 0.1) is 0 Å². The third-order valence-electron chi connectivity index (χ3n) is 3.70. The van der Waals surface area contributed by atoms with Crippen LogP contribution in [0.25, 0.3) is 0 Å². The molecule has 0 saturated heterocycles. The van der Waals surface area contributed by atoms with E-state index in [9.17, 15) is 9.59 Å². The van der Waals surface area contributed by atoms with Gasteiger partial charge in [-0.2, -0.15) is 0 Å². The molecule has 122 valence electrons. The summed E-state index contributed by atoms with van der Waals surface area (Å²) in [6.07, 6.45) is 12.8. The van der Waals surface area contributed by atoms with Crippen molar-refractivity contribution in [2.45, 2.75) is 64.3 Å². The van der Waals surface area contributed by atoms with Crippen molar-refractivity contribution in [3.63, 3.8) is 0 Å². The first-order chi connectivity index (χ1) is 10.6. The van der Waals surface area contributed by atoms with Gasteiger partial charge in [-0.15, -0.1) is 0 Å². The zero-order valence-electron chi connectivity index (χ0n) is 13.2. The minimum absolute atomic E-state index is 0.293. The Morgan fingerprint density at radius 3 is 2.18 bits per heavy atom. The maximum Gasteiger partial charge on any atom is 0.303 e. The molecular weight excluding hydrogens is 280 g/mol. The van der Waals surface area contributed by atoms with Crippen molar-refractivity contribution in [2.75, 3.05) is 0 Å². The predicted molar refractivity (Wildman–Crippen MR) is 84.3 cm³/mol. The van der Waals surface area contributed by atoms with Crippen LogP contribution in [0.4, 0.5) is 0 Å². The molecule has 0 aliphatic rings. The molecule has 3 N–H and O–H groups in total. The first-order valence-corrected chi connectivity index (χ1v) is 8.10. The molecule has 5 nitrogen and oxygen atoms in total. The van der Waals surface area contributed by atoms with E-state index in [1.165, 1.54) is 25.7 Å². The molecule has 0 atom stereocenters. The van der Waals surface area contributed by atoms with E-state index >= 15 is 0 Å². The Morgan fingerprint density at radius 1 is 1.00 bits per heavy atom.